The molecule has 2 saturated carbocycles. The van der Waals surface area contributed by atoms with Crippen molar-refractivity contribution < 1.29 is 19.2 Å². The van der Waals surface area contributed by atoms with Gasteiger partial charge in [0, 0.05) is 0 Å². The molecule has 37 heavy (non-hydrogen) atoms. The lowest BCUT2D eigenvalue weighted by Crippen LogP contribution is -2.32. The van der Waals surface area contributed by atoms with Crippen molar-refractivity contribution in [3.8, 4) is 0 Å². The van der Waals surface area contributed by atoms with Gasteiger partial charge in [-0.05, 0) is 78.3 Å². The van der Waals surface area contributed by atoms with E-state index in [-0.39, 0.29) is 71.0 Å². The van der Waals surface area contributed by atoms with Crippen LogP contribution in [0.5, 0.6) is 0 Å². The first-order valence-electron chi connectivity index (χ1n) is 13.3. The van der Waals surface area contributed by atoms with Crippen molar-refractivity contribution in [2.24, 2.45) is 47.3 Å². The van der Waals surface area contributed by atoms with Gasteiger partial charge in [0.15, 0.2) is 0 Å². The molecule has 4 bridgehead atoms. The summed E-state index contributed by atoms with van der Waals surface area (Å²) in [6.07, 6.45) is 11.0. The lowest BCUT2D eigenvalue weighted by molar-refractivity contribution is -0.124. The zero-order chi connectivity index (χ0) is 25.0. The number of carbonyl (C=O) groups is 4. The van der Waals surface area contributed by atoms with Crippen LogP contribution in [0.1, 0.15) is 24.0 Å². The Balaban J connectivity index is 0.973. The Morgan fingerprint density at radius 3 is 1.08 bits per heavy atom. The van der Waals surface area contributed by atoms with Crippen LogP contribution in [0, 0.1) is 47.3 Å². The Morgan fingerprint density at radius 2 is 0.784 bits per heavy atom. The van der Waals surface area contributed by atoms with Gasteiger partial charge in [0.1, 0.15) is 0 Å². The van der Waals surface area contributed by atoms with E-state index in [2.05, 4.69) is 24.3 Å². The molecule has 0 N–H and O–H groups in total. The highest BCUT2D eigenvalue weighted by Crippen LogP contribution is 2.54. The smallest absolute Gasteiger partial charge is 0.238 e. The lowest BCUT2D eigenvalue weighted by atomic mass is 9.85. The fourth-order valence-electron chi connectivity index (χ4n) is 8.08. The number of nitrogens with zero attached hydrogens (tertiary/aromatic N) is 2. The molecule has 4 aliphatic carbocycles. The highest BCUT2D eigenvalue weighted by Gasteiger charge is 2.60. The quantitative estimate of drug-likeness (QED) is 0.481. The van der Waals surface area contributed by atoms with Crippen LogP contribution in [-0.2, 0) is 25.6 Å². The van der Waals surface area contributed by atoms with Crippen molar-refractivity contribution in [3.05, 3.63) is 84.0 Å². The summed E-state index contributed by atoms with van der Waals surface area (Å²) in [7, 11) is 0. The summed E-state index contributed by atoms with van der Waals surface area (Å²) < 4.78 is 0. The maximum Gasteiger partial charge on any atom is 0.238 e. The molecule has 6 nitrogen and oxygen atoms in total. The van der Waals surface area contributed by atoms with E-state index in [9.17, 15) is 19.2 Å². The van der Waals surface area contributed by atoms with Gasteiger partial charge >= 0.3 is 0 Å². The van der Waals surface area contributed by atoms with E-state index in [0.717, 1.165) is 24.0 Å². The van der Waals surface area contributed by atoms with Crippen molar-refractivity contribution >= 4 is 35.0 Å². The Kier molecular flexibility index (Phi) is 4.24. The zero-order valence-corrected chi connectivity index (χ0v) is 20.2. The largest absolute Gasteiger partial charge is 0.274 e. The molecule has 6 aliphatic rings. The number of rotatable bonds is 4. The van der Waals surface area contributed by atoms with Gasteiger partial charge < -0.3 is 0 Å². The summed E-state index contributed by atoms with van der Waals surface area (Å²) in [5.41, 5.74) is 3.40. The fourth-order valence-corrected chi connectivity index (χ4v) is 8.08. The standard InChI is InChI=1S/C31H26N2O4/c34-28-24-18-5-6-19(14-18)25(24)29(35)32(28)22-9-1-16(2-10-22)13-17-3-11-23(12-4-17)33-30(36)26-20-7-8-21(15-20)27(26)31(33)37/h1-12,18-21,24-27H,13-15H2/t18-,19+,20-,21+,24-,25+,26+,27-. The molecule has 0 unspecified atom stereocenters. The van der Waals surface area contributed by atoms with Crippen LogP contribution >= 0.6 is 0 Å². The van der Waals surface area contributed by atoms with E-state index in [1.54, 1.807) is 0 Å². The van der Waals surface area contributed by atoms with Gasteiger partial charge in [0.25, 0.3) is 0 Å². The number of imide groups is 2. The van der Waals surface area contributed by atoms with E-state index in [4.69, 9.17) is 0 Å². The molecule has 0 radical (unpaired) electrons. The molecule has 4 fully saturated rings. The summed E-state index contributed by atoms with van der Waals surface area (Å²) >= 11 is 0. The van der Waals surface area contributed by atoms with Crippen molar-refractivity contribution in [1.29, 1.82) is 0 Å². The monoisotopic (exact) mass is 490 g/mol. The van der Waals surface area contributed by atoms with Crippen molar-refractivity contribution in [3.63, 3.8) is 0 Å². The van der Waals surface area contributed by atoms with Crippen LogP contribution in [0.2, 0.25) is 0 Å². The minimum atomic E-state index is -0.193. The molecule has 8 atom stereocenters. The third kappa shape index (κ3) is 2.81. The number of amides is 4. The van der Waals surface area contributed by atoms with Gasteiger partial charge in [-0.15, -0.1) is 0 Å². The van der Waals surface area contributed by atoms with Gasteiger partial charge in [-0.3, -0.25) is 29.0 Å². The second-order valence-corrected chi connectivity index (χ2v) is 11.5. The first kappa shape index (κ1) is 21.3. The lowest BCUT2D eigenvalue weighted by Gasteiger charge is -2.18. The molecular weight excluding hydrogens is 464 g/mol. The number of fused-ring (bicyclic) bond motifs is 10. The number of benzene rings is 2. The van der Waals surface area contributed by atoms with E-state index in [1.165, 1.54) is 9.80 Å². The van der Waals surface area contributed by atoms with Crippen LogP contribution < -0.4 is 9.80 Å². The fraction of sp³-hybridized carbons (Fsp3) is 0.355. The van der Waals surface area contributed by atoms with E-state index in [1.807, 2.05) is 48.5 Å². The van der Waals surface area contributed by atoms with Gasteiger partial charge in [0.2, 0.25) is 23.6 Å². The molecule has 8 rings (SSSR count). The zero-order valence-electron chi connectivity index (χ0n) is 20.2. The molecule has 2 heterocycles. The van der Waals surface area contributed by atoms with Gasteiger partial charge in [-0.1, -0.05) is 48.6 Å². The molecular formula is C31H26N2O4. The maximum atomic E-state index is 13.1. The number of carbonyl (C=O) groups excluding carboxylic acids is 4. The van der Waals surface area contributed by atoms with E-state index in [0.29, 0.717) is 17.8 Å². The maximum absolute atomic E-state index is 13.1. The predicted molar refractivity (Wildman–Crippen MR) is 136 cm³/mol. The number of allylic oxidation sites excluding steroid dienone is 4. The Bertz CT molecular complexity index is 1270. The van der Waals surface area contributed by atoms with Crippen molar-refractivity contribution in [1.82, 2.24) is 0 Å². The van der Waals surface area contributed by atoms with Crippen LogP contribution in [0.15, 0.2) is 72.8 Å². The second-order valence-electron chi connectivity index (χ2n) is 11.5. The predicted octanol–water partition coefficient (Wildman–Crippen LogP) is 3.90. The molecule has 4 amide bonds. The Hall–Kier alpha value is -3.80. The molecule has 6 heteroatoms. The van der Waals surface area contributed by atoms with Crippen molar-refractivity contribution in [2.45, 2.75) is 19.3 Å². The number of anilines is 2. The van der Waals surface area contributed by atoms with Crippen LogP contribution in [0.25, 0.3) is 0 Å². The highest BCUT2D eigenvalue weighted by molar-refractivity contribution is 6.23. The summed E-state index contributed by atoms with van der Waals surface area (Å²) in [6.45, 7) is 0. The van der Waals surface area contributed by atoms with E-state index < -0.39 is 0 Å². The normalized spacial score (nSPS) is 36.4. The molecule has 2 aromatic carbocycles. The minimum Gasteiger partial charge on any atom is -0.274 e. The Labute approximate surface area is 214 Å². The van der Waals surface area contributed by atoms with Crippen LogP contribution in [0.4, 0.5) is 11.4 Å². The highest BCUT2D eigenvalue weighted by atomic mass is 16.2. The number of hydrogen-bond donors (Lipinski definition) is 0. The van der Waals surface area contributed by atoms with Crippen LogP contribution in [0.3, 0.4) is 0 Å². The molecule has 184 valence electrons. The van der Waals surface area contributed by atoms with E-state index >= 15 is 0 Å². The summed E-state index contributed by atoms with van der Waals surface area (Å²) in [6, 6.07) is 15.3. The molecule has 0 aromatic heterocycles. The average molecular weight is 491 g/mol. The summed E-state index contributed by atoms with van der Waals surface area (Å²) in [5.74, 6) is -0.198. The molecule has 2 saturated heterocycles. The topological polar surface area (TPSA) is 74.8 Å². The average Bonchev–Trinajstić information content (AvgIpc) is 3.74. The van der Waals surface area contributed by atoms with Crippen LogP contribution in [-0.4, -0.2) is 23.6 Å². The number of hydrogen-bond acceptors (Lipinski definition) is 4. The third-order valence-corrected chi connectivity index (χ3v) is 9.74. The summed E-state index contributed by atoms with van der Waals surface area (Å²) in [5, 5.41) is 0. The van der Waals surface area contributed by atoms with Crippen molar-refractivity contribution in [2.75, 3.05) is 9.80 Å². The first-order chi connectivity index (χ1) is 18.0. The second kappa shape index (κ2) is 7.37. The van der Waals surface area contributed by atoms with Gasteiger partial charge in [0.05, 0.1) is 35.0 Å². The van der Waals surface area contributed by atoms with Gasteiger partial charge in [-0.25, -0.2) is 0 Å². The Morgan fingerprint density at radius 1 is 0.486 bits per heavy atom. The SMILES string of the molecule is O=C1[C@@H]2[C@H](C(=O)N1c1ccc(Cc3ccc(N4C(=O)[C@@H]5[C@H](C4=O)[C@@H]4C=C[C@H]5C4)cc3)cc1)[C@H]1C=C[C@@H]2C1. The molecule has 2 aromatic rings. The molecule has 2 aliphatic heterocycles. The summed E-state index contributed by atoms with van der Waals surface area (Å²) in [4.78, 5) is 55.1. The first-order valence-corrected chi connectivity index (χ1v) is 13.3. The third-order valence-electron chi connectivity index (χ3n) is 9.74. The van der Waals surface area contributed by atoms with Gasteiger partial charge in [-0.2, -0.15) is 0 Å². The molecule has 0 spiro atoms. The minimum absolute atomic E-state index is 0.0610.